The minimum Gasteiger partial charge on any atom is -0.319 e. The maximum Gasteiger partial charge on any atom is 0.258 e. The highest BCUT2D eigenvalue weighted by atomic mass is 35.5. The Labute approximate surface area is 142 Å². The lowest BCUT2D eigenvalue weighted by Gasteiger charge is -2.08. The molecule has 2 aromatic rings. The second-order valence-corrected chi connectivity index (χ2v) is 5.56. The largest absolute Gasteiger partial charge is 0.319 e. The van der Waals surface area contributed by atoms with Gasteiger partial charge < -0.3 is 5.32 Å². The predicted molar refractivity (Wildman–Crippen MR) is 93.2 cm³/mol. The zero-order valence-corrected chi connectivity index (χ0v) is 13.4. The summed E-state index contributed by atoms with van der Waals surface area (Å²) >= 11 is 12.1. The quantitative estimate of drug-likeness (QED) is 0.867. The molecule has 0 bridgehead atoms. The van der Waals surface area contributed by atoms with Crippen LogP contribution < -0.4 is 5.32 Å². The van der Waals surface area contributed by atoms with Gasteiger partial charge in [0.25, 0.3) is 5.91 Å². The number of benzene rings is 1. The third kappa shape index (κ3) is 3.36. The van der Waals surface area contributed by atoms with Gasteiger partial charge in [0.05, 0.1) is 33.2 Å². The van der Waals surface area contributed by atoms with Gasteiger partial charge >= 0.3 is 0 Å². The van der Waals surface area contributed by atoms with Crippen LogP contribution in [0.4, 0.5) is 5.69 Å². The monoisotopic (exact) mass is 346 g/mol. The molecule has 0 saturated heterocycles. The lowest BCUT2D eigenvalue weighted by molar-refractivity contribution is 0.102. The second-order valence-electron chi connectivity index (χ2n) is 4.74. The molecule has 1 aliphatic rings. The number of anilines is 1. The van der Waals surface area contributed by atoms with E-state index in [1.54, 1.807) is 24.4 Å². The van der Waals surface area contributed by atoms with Gasteiger partial charge in [0.1, 0.15) is 5.69 Å². The summed E-state index contributed by atoms with van der Waals surface area (Å²) in [6, 6.07) is 4.91. The molecule has 1 aromatic heterocycles. The van der Waals surface area contributed by atoms with Crippen LogP contribution in [0, 0.1) is 0 Å². The number of amides is 1. The highest BCUT2D eigenvalue weighted by Gasteiger charge is 2.18. The molecule has 0 atom stereocenters. The summed E-state index contributed by atoms with van der Waals surface area (Å²) in [4.78, 5) is 16.8. The van der Waals surface area contributed by atoms with Crippen LogP contribution in [-0.4, -0.2) is 22.3 Å². The van der Waals surface area contributed by atoms with Gasteiger partial charge in [-0.2, -0.15) is 5.10 Å². The van der Waals surface area contributed by atoms with Crippen molar-refractivity contribution in [2.75, 3.05) is 5.32 Å². The number of allylic oxidation sites excluding steroid dienone is 3. The average Bonchev–Trinajstić information content (AvgIpc) is 2.81. The van der Waals surface area contributed by atoms with Gasteiger partial charge in [-0.25, -0.2) is 0 Å². The number of carbonyl (C=O) groups excluding carboxylic acids is 1. The topological polar surface area (TPSA) is 70.1 Å². The number of aromatic amines is 1. The predicted octanol–water partition coefficient (Wildman–Crippen LogP) is 4.34. The second kappa shape index (κ2) is 6.81. The van der Waals surface area contributed by atoms with Crippen molar-refractivity contribution in [3.8, 4) is 0 Å². The van der Waals surface area contributed by atoms with Crippen LogP contribution >= 0.6 is 23.2 Å². The van der Waals surface area contributed by atoms with E-state index in [-0.39, 0.29) is 15.6 Å². The fourth-order valence-corrected chi connectivity index (χ4v) is 2.71. The van der Waals surface area contributed by atoms with Gasteiger partial charge in [-0.3, -0.25) is 14.9 Å². The third-order valence-electron chi connectivity index (χ3n) is 3.22. The molecule has 3 rings (SSSR count). The summed E-state index contributed by atoms with van der Waals surface area (Å²) < 4.78 is 0. The van der Waals surface area contributed by atoms with E-state index in [0.29, 0.717) is 17.1 Å². The van der Waals surface area contributed by atoms with Crippen LogP contribution in [0.15, 0.2) is 47.6 Å². The molecule has 2 heterocycles. The fourth-order valence-electron chi connectivity index (χ4n) is 2.14. The average molecular weight is 347 g/mol. The Morgan fingerprint density at radius 1 is 1.26 bits per heavy atom. The lowest BCUT2D eigenvalue weighted by Crippen LogP contribution is -2.13. The number of H-pyrrole nitrogens is 1. The van der Waals surface area contributed by atoms with E-state index in [4.69, 9.17) is 23.2 Å². The van der Waals surface area contributed by atoms with Crippen molar-refractivity contribution in [1.82, 2.24) is 10.2 Å². The van der Waals surface area contributed by atoms with Gasteiger partial charge in [0.2, 0.25) is 0 Å². The number of nitrogens with one attached hydrogen (secondary N) is 2. The molecule has 1 amide bonds. The van der Waals surface area contributed by atoms with E-state index < -0.39 is 5.91 Å². The molecule has 5 nitrogen and oxygen atoms in total. The molecule has 0 radical (unpaired) electrons. The first-order chi connectivity index (χ1) is 11.2. The zero-order valence-electron chi connectivity index (χ0n) is 11.9. The maximum absolute atomic E-state index is 12.5. The van der Waals surface area contributed by atoms with Gasteiger partial charge in [-0.15, -0.1) is 0 Å². The molecule has 0 fully saturated rings. The SMILES string of the molecule is O=C(Nc1cn[nH]c1C1=CCC=CC=N1)c1c(Cl)cccc1Cl. The smallest absolute Gasteiger partial charge is 0.258 e. The minimum absolute atomic E-state index is 0.225. The third-order valence-corrected chi connectivity index (χ3v) is 3.85. The summed E-state index contributed by atoms with van der Waals surface area (Å²) in [5.74, 6) is -0.403. The molecule has 0 aliphatic carbocycles. The van der Waals surface area contributed by atoms with E-state index in [0.717, 1.165) is 6.42 Å². The minimum atomic E-state index is -0.403. The molecule has 1 aliphatic heterocycles. The van der Waals surface area contributed by atoms with Crippen molar-refractivity contribution in [3.05, 3.63) is 63.9 Å². The molecule has 1 aromatic carbocycles. The van der Waals surface area contributed by atoms with Crippen molar-refractivity contribution in [1.29, 1.82) is 0 Å². The number of nitrogens with zero attached hydrogens (tertiary/aromatic N) is 2. The van der Waals surface area contributed by atoms with Gasteiger partial charge in [0, 0.05) is 6.21 Å². The summed E-state index contributed by atoms with van der Waals surface area (Å²) in [6.45, 7) is 0. The number of rotatable bonds is 3. The first-order valence-corrected chi connectivity index (χ1v) is 7.61. The van der Waals surface area contributed by atoms with E-state index in [9.17, 15) is 4.79 Å². The summed E-state index contributed by atoms with van der Waals surface area (Å²) in [5, 5.41) is 10.2. The molecule has 116 valence electrons. The molecule has 2 N–H and O–H groups in total. The number of aromatic nitrogens is 2. The van der Waals surface area contributed by atoms with E-state index in [1.165, 1.54) is 6.20 Å². The Morgan fingerprint density at radius 3 is 2.83 bits per heavy atom. The highest BCUT2D eigenvalue weighted by molar-refractivity contribution is 6.40. The van der Waals surface area contributed by atoms with Gasteiger partial charge in [0.15, 0.2) is 0 Å². The van der Waals surface area contributed by atoms with E-state index in [2.05, 4.69) is 20.5 Å². The number of hydrogen-bond acceptors (Lipinski definition) is 3. The maximum atomic E-state index is 12.5. The van der Waals surface area contributed by atoms with Crippen LogP contribution in [0.1, 0.15) is 22.5 Å². The number of hydrogen-bond donors (Lipinski definition) is 2. The van der Waals surface area contributed by atoms with Crippen molar-refractivity contribution in [3.63, 3.8) is 0 Å². The molecule has 7 heteroatoms. The van der Waals surface area contributed by atoms with Crippen LogP contribution in [0.5, 0.6) is 0 Å². The van der Waals surface area contributed by atoms with Crippen LogP contribution in [0.25, 0.3) is 5.70 Å². The molecule has 0 saturated carbocycles. The van der Waals surface area contributed by atoms with Crippen molar-refractivity contribution < 1.29 is 4.79 Å². The summed E-state index contributed by atoms with van der Waals surface area (Å²) in [7, 11) is 0. The Morgan fingerprint density at radius 2 is 2.04 bits per heavy atom. The fraction of sp³-hybridized carbons (Fsp3) is 0.0625. The highest BCUT2D eigenvalue weighted by Crippen LogP contribution is 2.28. The van der Waals surface area contributed by atoms with Crippen LogP contribution in [-0.2, 0) is 0 Å². The molecular weight excluding hydrogens is 335 g/mol. The van der Waals surface area contributed by atoms with Crippen LogP contribution in [0.3, 0.4) is 0 Å². The van der Waals surface area contributed by atoms with Gasteiger partial charge in [-0.1, -0.05) is 41.4 Å². The van der Waals surface area contributed by atoms with E-state index >= 15 is 0 Å². The normalized spacial score (nSPS) is 13.6. The molecule has 0 spiro atoms. The Balaban J connectivity index is 1.89. The summed E-state index contributed by atoms with van der Waals surface area (Å²) in [5.41, 5.74) is 2.06. The first-order valence-electron chi connectivity index (χ1n) is 6.85. The summed E-state index contributed by atoms with van der Waals surface area (Å²) in [6.07, 6.45) is 9.74. The zero-order chi connectivity index (χ0) is 16.2. The first kappa shape index (κ1) is 15.5. The lowest BCUT2D eigenvalue weighted by atomic mass is 10.2. The number of aliphatic imine (C=N–C) groups is 1. The molecular formula is C16H12Cl2N4O. The van der Waals surface area contributed by atoms with Gasteiger partial charge in [-0.05, 0) is 24.6 Å². The van der Waals surface area contributed by atoms with Crippen molar-refractivity contribution in [2.24, 2.45) is 4.99 Å². The Bertz CT molecular complexity index is 816. The number of halogens is 2. The molecule has 0 unspecified atom stereocenters. The van der Waals surface area contributed by atoms with Crippen molar-refractivity contribution in [2.45, 2.75) is 6.42 Å². The standard InChI is InChI=1S/C16H12Cl2N4O/c17-10-5-4-6-11(18)14(10)16(23)21-13-9-20-22-15(13)12-7-2-1-3-8-19-12/h1,3-9H,2H2,(H,20,22)(H,21,23). The van der Waals surface area contributed by atoms with Crippen molar-refractivity contribution >= 4 is 46.7 Å². The number of carbonyl (C=O) groups is 1. The molecule has 23 heavy (non-hydrogen) atoms. The Kier molecular flexibility index (Phi) is 4.60. The van der Waals surface area contributed by atoms with Crippen LogP contribution in [0.2, 0.25) is 10.0 Å². The Hall–Kier alpha value is -2.37. The van der Waals surface area contributed by atoms with E-state index in [1.807, 2.05) is 18.2 Å².